The van der Waals surface area contributed by atoms with Crippen molar-refractivity contribution in [2.24, 2.45) is 0 Å². The van der Waals surface area contributed by atoms with Gasteiger partial charge in [-0.25, -0.2) is 9.97 Å². The first-order valence-electron chi connectivity index (χ1n) is 9.72. The average Bonchev–Trinajstić information content (AvgIpc) is 3.29. The number of benzene rings is 3. The number of rotatable bonds is 5. The van der Waals surface area contributed by atoms with E-state index in [-0.39, 0.29) is 0 Å². The lowest BCUT2D eigenvalue weighted by Crippen LogP contribution is -2.05. The van der Waals surface area contributed by atoms with Crippen LogP contribution in [0.5, 0.6) is 0 Å². The van der Waals surface area contributed by atoms with Crippen molar-refractivity contribution in [2.75, 3.05) is 5.32 Å². The third-order valence-electron chi connectivity index (χ3n) is 4.95. The molecule has 0 aliphatic rings. The third-order valence-corrected chi connectivity index (χ3v) is 4.95. The van der Waals surface area contributed by atoms with Crippen LogP contribution in [0.4, 0.5) is 5.82 Å². The van der Waals surface area contributed by atoms with Crippen LogP contribution in [0.1, 0.15) is 11.1 Å². The summed E-state index contributed by atoms with van der Waals surface area (Å²) >= 11 is 0. The quantitative estimate of drug-likeness (QED) is 0.438. The van der Waals surface area contributed by atoms with Crippen LogP contribution in [0.25, 0.3) is 34.1 Å². The Morgan fingerprint density at radius 1 is 0.767 bits per heavy atom. The molecule has 0 aliphatic heterocycles. The molecule has 6 heteroatoms. The summed E-state index contributed by atoms with van der Waals surface area (Å²) in [6.45, 7) is 2.76. The lowest BCUT2D eigenvalue weighted by atomic mass is 10.1. The van der Waals surface area contributed by atoms with E-state index in [1.165, 1.54) is 11.1 Å². The normalized spacial score (nSPS) is 11.0. The molecule has 2 heterocycles. The number of aromatic nitrogens is 4. The second-order valence-electron chi connectivity index (χ2n) is 6.97. The van der Waals surface area contributed by atoms with E-state index in [0.29, 0.717) is 24.2 Å². The maximum absolute atomic E-state index is 5.87. The van der Waals surface area contributed by atoms with Gasteiger partial charge in [0.2, 0.25) is 11.7 Å². The second-order valence-corrected chi connectivity index (χ2v) is 6.97. The third kappa shape index (κ3) is 3.51. The molecule has 0 fully saturated rings. The van der Waals surface area contributed by atoms with E-state index in [1.807, 2.05) is 66.7 Å². The van der Waals surface area contributed by atoms with Crippen LogP contribution in [-0.4, -0.2) is 20.2 Å². The Balaban J connectivity index is 1.52. The molecule has 0 bridgehead atoms. The Morgan fingerprint density at radius 3 is 2.37 bits per heavy atom. The van der Waals surface area contributed by atoms with Crippen LogP contribution in [-0.2, 0) is 6.54 Å². The molecule has 1 N–H and O–H groups in total. The molecule has 0 saturated carbocycles. The summed E-state index contributed by atoms with van der Waals surface area (Å²) in [4.78, 5) is 9.34. The molecule has 0 unspecified atom stereocenters. The lowest BCUT2D eigenvalue weighted by Gasteiger charge is -2.11. The number of hydrogen-bond acceptors (Lipinski definition) is 6. The fourth-order valence-corrected chi connectivity index (χ4v) is 3.31. The Labute approximate surface area is 173 Å². The van der Waals surface area contributed by atoms with Gasteiger partial charge in [0.15, 0.2) is 0 Å². The highest BCUT2D eigenvalue weighted by Crippen LogP contribution is 2.27. The first-order valence-corrected chi connectivity index (χ1v) is 9.72. The SMILES string of the molecule is Cc1ccccc1CNc1nc(-c2nnc(-c3ccccc3)o2)nc2ccccc12. The molecule has 5 aromatic rings. The maximum Gasteiger partial charge on any atom is 0.286 e. The van der Waals surface area contributed by atoms with E-state index >= 15 is 0 Å². The van der Waals surface area contributed by atoms with Crippen molar-refractivity contribution in [3.05, 3.63) is 90.0 Å². The van der Waals surface area contributed by atoms with Gasteiger partial charge in [0, 0.05) is 17.5 Å². The summed E-state index contributed by atoms with van der Waals surface area (Å²) in [7, 11) is 0. The molecule has 0 atom stereocenters. The molecule has 0 saturated heterocycles. The zero-order valence-corrected chi connectivity index (χ0v) is 16.4. The van der Waals surface area contributed by atoms with Crippen molar-refractivity contribution >= 4 is 16.7 Å². The summed E-state index contributed by atoms with van der Waals surface area (Å²) in [6, 6.07) is 25.8. The van der Waals surface area contributed by atoms with Crippen LogP contribution in [0, 0.1) is 6.92 Å². The second kappa shape index (κ2) is 7.75. The van der Waals surface area contributed by atoms with Crippen molar-refractivity contribution in [3.8, 4) is 23.2 Å². The van der Waals surface area contributed by atoms with Crippen molar-refractivity contribution < 1.29 is 4.42 Å². The highest BCUT2D eigenvalue weighted by molar-refractivity contribution is 5.90. The molecule has 0 radical (unpaired) electrons. The molecule has 0 amide bonds. The smallest absolute Gasteiger partial charge is 0.286 e. The van der Waals surface area contributed by atoms with Crippen LogP contribution in [0.2, 0.25) is 0 Å². The van der Waals surface area contributed by atoms with Crippen LogP contribution < -0.4 is 5.32 Å². The monoisotopic (exact) mass is 393 g/mol. The zero-order chi connectivity index (χ0) is 20.3. The zero-order valence-electron chi connectivity index (χ0n) is 16.4. The predicted molar refractivity (Wildman–Crippen MR) is 117 cm³/mol. The lowest BCUT2D eigenvalue weighted by molar-refractivity contribution is 0.579. The summed E-state index contributed by atoms with van der Waals surface area (Å²) < 4.78 is 5.87. The number of para-hydroxylation sites is 1. The molecule has 30 heavy (non-hydrogen) atoms. The summed E-state index contributed by atoms with van der Waals surface area (Å²) in [6.07, 6.45) is 0. The Kier molecular flexibility index (Phi) is 4.65. The van der Waals surface area contributed by atoms with Crippen LogP contribution >= 0.6 is 0 Å². The molecule has 0 aliphatic carbocycles. The van der Waals surface area contributed by atoms with Gasteiger partial charge in [-0.1, -0.05) is 54.6 Å². The molecular weight excluding hydrogens is 374 g/mol. The number of anilines is 1. The van der Waals surface area contributed by atoms with E-state index in [4.69, 9.17) is 9.40 Å². The van der Waals surface area contributed by atoms with Crippen molar-refractivity contribution in [2.45, 2.75) is 13.5 Å². The van der Waals surface area contributed by atoms with Crippen LogP contribution in [0.15, 0.2) is 83.3 Å². The van der Waals surface area contributed by atoms with Gasteiger partial charge in [-0.3, -0.25) is 0 Å². The fraction of sp³-hybridized carbons (Fsp3) is 0.0833. The van der Waals surface area contributed by atoms with Gasteiger partial charge in [0.05, 0.1) is 5.52 Å². The highest BCUT2D eigenvalue weighted by atomic mass is 16.4. The Hall–Kier alpha value is -4.06. The fourth-order valence-electron chi connectivity index (χ4n) is 3.31. The van der Waals surface area contributed by atoms with Gasteiger partial charge in [-0.15, -0.1) is 10.2 Å². The van der Waals surface area contributed by atoms with E-state index in [2.05, 4.69) is 39.6 Å². The van der Waals surface area contributed by atoms with Gasteiger partial charge in [0.25, 0.3) is 5.89 Å². The van der Waals surface area contributed by atoms with E-state index in [9.17, 15) is 0 Å². The van der Waals surface area contributed by atoms with E-state index in [1.54, 1.807) is 0 Å². The molecule has 2 aromatic heterocycles. The van der Waals surface area contributed by atoms with Crippen LogP contribution in [0.3, 0.4) is 0 Å². The minimum Gasteiger partial charge on any atom is -0.413 e. The molecule has 3 aromatic carbocycles. The summed E-state index contributed by atoms with van der Waals surface area (Å²) in [5.41, 5.74) is 4.11. The standard InChI is InChI=1S/C24H19N5O/c1-16-9-5-6-12-18(16)15-25-21-19-13-7-8-14-20(19)26-22(27-21)24-29-28-23(30-24)17-10-3-2-4-11-17/h2-14H,15H2,1H3,(H,25,26,27). The summed E-state index contributed by atoms with van der Waals surface area (Å²) in [5, 5.41) is 12.7. The Bertz CT molecular complexity index is 1310. The topological polar surface area (TPSA) is 76.7 Å². The largest absolute Gasteiger partial charge is 0.413 e. The molecule has 6 nitrogen and oxygen atoms in total. The average molecular weight is 393 g/mol. The van der Waals surface area contributed by atoms with Gasteiger partial charge >= 0.3 is 0 Å². The van der Waals surface area contributed by atoms with E-state index in [0.717, 1.165) is 22.3 Å². The van der Waals surface area contributed by atoms with Gasteiger partial charge < -0.3 is 9.73 Å². The van der Waals surface area contributed by atoms with Crippen molar-refractivity contribution in [1.82, 2.24) is 20.2 Å². The highest BCUT2D eigenvalue weighted by Gasteiger charge is 2.16. The molecule has 5 rings (SSSR count). The molecule has 0 spiro atoms. The number of aryl methyl sites for hydroxylation is 1. The molecule has 146 valence electrons. The van der Waals surface area contributed by atoms with E-state index < -0.39 is 0 Å². The van der Waals surface area contributed by atoms with Gasteiger partial charge in [-0.05, 0) is 42.3 Å². The van der Waals surface area contributed by atoms with Gasteiger partial charge in [-0.2, -0.15) is 0 Å². The number of nitrogens with one attached hydrogen (secondary N) is 1. The number of fused-ring (bicyclic) bond motifs is 1. The van der Waals surface area contributed by atoms with Crippen molar-refractivity contribution in [3.63, 3.8) is 0 Å². The first-order chi connectivity index (χ1) is 14.8. The Morgan fingerprint density at radius 2 is 1.50 bits per heavy atom. The minimum absolute atomic E-state index is 0.290. The van der Waals surface area contributed by atoms with Crippen molar-refractivity contribution in [1.29, 1.82) is 0 Å². The first kappa shape index (κ1) is 18.0. The van der Waals surface area contributed by atoms with Gasteiger partial charge in [0.1, 0.15) is 5.82 Å². The number of hydrogen-bond donors (Lipinski definition) is 1. The predicted octanol–water partition coefficient (Wildman–Crippen LogP) is 5.27. The summed E-state index contributed by atoms with van der Waals surface area (Å²) in [5.74, 6) is 1.87. The number of nitrogens with zero attached hydrogens (tertiary/aromatic N) is 4. The maximum atomic E-state index is 5.87. The molecular formula is C24H19N5O. The minimum atomic E-state index is 0.290.